The Balaban J connectivity index is 3.43. The van der Waals surface area contributed by atoms with Crippen molar-refractivity contribution in [3.8, 4) is 0 Å². The number of rotatable bonds is 2. The van der Waals surface area contributed by atoms with Gasteiger partial charge in [-0.05, 0) is 0 Å². The van der Waals surface area contributed by atoms with Crippen LogP contribution in [0.1, 0.15) is 22.6 Å². The monoisotopic (exact) mass is 207 g/mol. The second kappa shape index (κ2) is 3.52. The predicted molar refractivity (Wildman–Crippen MR) is 38.9 cm³/mol. The summed E-state index contributed by atoms with van der Waals surface area (Å²) >= 11 is 0. The zero-order valence-corrected chi connectivity index (χ0v) is 6.55. The Bertz CT molecular complexity index is 427. The molecule has 1 aromatic rings. The van der Waals surface area contributed by atoms with Crippen molar-refractivity contribution in [1.82, 2.24) is 4.98 Å². The Labute approximate surface area is 75.0 Å². The second-order valence-electron chi connectivity index (χ2n) is 2.38. The number of pyridine rings is 1. The fourth-order valence-electron chi connectivity index (χ4n) is 0.828. The quantitative estimate of drug-likeness (QED) is 0.764. The fourth-order valence-corrected chi connectivity index (χ4v) is 0.828. The predicted octanol–water partition coefficient (Wildman–Crippen LogP) is 1.15. The molecule has 2 N–H and O–H groups in total. The van der Waals surface area contributed by atoms with Gasteiger partial charge in [0.05, 0.1) is 5.69 Å². The highest BCUT2D eigenvalue weighted by molar-refractivity contribution is 5.85. The van der Waals surface area contributed by atoms with Gasteiger partial charge in [-0.2, -0.15) is 0 Å². The van der Waals surface area contributed by atoms with Crippen molar-refractivity contribution in [2.24, 2.45) is 0 Å². The molecule has 0 aliphatic rings. The molecule has 0 fully saturated rings. The molecule has 1 rings (SSSR count). The third kappa shape index (κ3) is 1.76. The maximum absolute atomic E-state index is 12.7. The van der Waals surface area contributed by atoms with Gasteiger partial charge in [0.25, 0.3) is 6.43 Å². The maximum Gasteiger partial charge on any atom is 0.355 e. The first-order valence-corrected chi connectivity index (χ1v) is 3.37. The van der Waals surface area contributed by atoms with E-state index in [4.69, 9.17) is 5.11 Å². The second-order valence-corrected chi connectivity index (χ2v) is 2.38. The molecule has 0 aromatic carbocycles. The number of carboxylic acid groups (broad SMARTS) is 1. The minimum atomic E-state index is -3.05. The Morgan fingerprint density at radius 2 is 2.07 bits per heavy atom. The number of carbonyl (C=O) groups is 1. The summed E-state index contributed by atoms with van der Waals surface area (Å²) in [5.74, 6) is -3.39. The maximum atomic E-state index is 12.7. The number of nitrogens with one attached hydrogen (secondary N) is 1. The average Bonchev–Trinajstić information content (AvgIpc) is 2.08. The Hall–Kier alpha value is -1.79. The van der Waals surface area contributed by atoms with Crippen LogP contribution in [0.4, 0.5) is 13.2 Å². The Morgan fingerprint density at radius 1 is 1.50 bits per heavy atom. The van der Waals surface area contributed by atoms with Gasteiger partial charge in [-0.25, -0.2) is 18.0 Å². The van der Waals surface area contributed by atoms with Crippen LogP contribution in [0.2, 0.25) is 0 Å². The number of hydrogen-bond acceptors (Lipinski definition) is 2. The van der Waals surface area contributed by atoms with E-state index in [9.17, 15) is 22.8 Å². The summed E-state index contributed by atoms with van der Waals surface area (Å²) < 4.78 is 36.8. The molecular weight excluding hydrogens is 203 g/mol. The van der Waals surface area contributed by atoms with Gasteiger partial charge in [0, 0.05) is 6.07 Å². The first-order chi connectivity index (χ1) is 6.43. The van der Waals surface area contributed by atoms with Gasteiger partial charge in [-0.15, -0.1) is 0 Å². The number of alkyl halides is 2. The van der Waals surface area contributed by atoms with Gasteiger partial charge in [-0.3, -0.25) is 4.79 Å². The lowest BCUT2D eigenvalue weighted by Crippen LogP contribution is -2.17. The zero-order valence-electron chi connectivity index (χ0n) is 6.55. The van der Waals surface area contributed by atoms with Crippen LogP contribution in [0, 0.1) is 5.82 Å². The third-order valence-electron chi connectivity index (χ3n) is 1.44. The first kappa shape index (κ1) is 10.3. The molecule has 0 atom stereocenters. The molecule has 0 saturated carbocycles. The van der Waals surface area contributed by atoms with E-state index in [2.05, 4.69) is 0 Å². The lowest BCUT2D eigenvalue weighted by Gasteiger charge is -2.02. The summed E-state index contributed by atoms with van der Waals surface area (Å²) in [6.07, 6.45) is -3.05. The van der Waals surface area contributed by atoms with Crippen molar-refractivity contribution in [3.05, 3.63) is 33.5 Å². The van der Waals surface area contributed by atoms with Crippen LogP contribution >= 0.6 is 0 Å². The molecule has 0 bridgehead atoms. The van der Waals surface area contributed by atoms with Crippen molar-refractivity contribution < 1.29 is 23.1 Å². The van der Waals surface area contributed by atoms with Crippen molar-refractivity contribution in [3.63, 3.8) is 0 Å². The molecular formula is C7H4F3NO3. The van der Waals surface area contributed by atoms with Crippen LogP contribution in [0.25, 0.3) is 0 Å². The van der Waals surface area contributed by atoms with Crippen LogP contribution in [0.3, 0.4) is 0 Å². The van der Waals surface area contributed by atoms with E-state index in [1.165, 1.54) is 0 Å². The van der Waals surface area contributed by atoms with E-state index in [1.54, 1.807) is 4.98 Å². The van der Waals surface area contributed by atoms with Crippen molar-refractivity contribution in [1.29, 1.82) is 0 Å². The van der Waals surface area contributed by atoms with Crippen LogP contribution < -0.4 is 5.43 Å². The minimum absolute atomic E-state index is 0.326. The third-order valence-corrected chi connectivity index (χ3v) is 1.44. The SMILES string of the molecule is O=C(O)c1[nH]c(C(F)F)cc(=O)c1F. The van der Waals surface area contributed by atoms with Gasteiger partial charge in [0.2, 0.25) is 11.2 Å². The molecule has 1 heterocycles. The molecule has 0 amide bonds. The van der Waals surface area contributed by atoms with E-state index < -0.39 is 35.0 Å². The molecule has 7 heteroatoms. The number of hydrogen-bond donors (Lipinski definition) is 2. The standard InChI is InChI=1S/C7H4F3NO3/c8-4-3(12)1-2(6(9)10)11-5(4)7(13)14/h1,6H,(H,11,12)(H,13,14). The topological polar surface area (TPSA) is 70.2 Å². The average molecular weight is 207 g/mol. The number of aromatic amines is 1. The molecule has 0 aliphatic heterocycles. The molecule has 76 valence electrons. The highest BCUT2D eigenvalue weighted by atomic mass is 19.3. The van der Waals surface area contributed by atoms with Crippen LogP contribution in [-0.2, 0) is 0 Å². The minimum Gasteiger partial charge on any atom is -0.476 e. The highest BCUT2D eigenvalue weighted by Crippen LogP contribution is 2.15. The highest BCUT2D eigenvalue weighted by Gasteiger charge is 2.18. The molecule has 0 radical (unpaired) electrons. The number of aromatic nitrogens is 1. The van der Waals surface area contributed by atoms with Gasteiger partial charge in [0.15, 0.2) is 5.69 Å². The Kier molecular flexibility index (Phi) is 2.59. The number of H-pyrrole nitrogens is 1. The normalized spacial score (nSPS) is 10.6. The summed E-state index contributed by atoms with van der Waals surface area (Å²) in [5, 5.41) is 8.34. The molecule has 0 spiro atoms. The van der Waals surface area contributed by atoms with Crippen molar-refractivity contribution >= 4 is 5.97 Å². The summed E-state index contributed by atoms with van der Waals surface area (Å²) in [6.45, 7) is 0. The van der Waals surface area contributed by atoms with Gasteiger partial charge >= 0.3 is 5.97 Å². The summed E-state index contributed by atoms with van der Waals surface area (Å²) in [7, 11) is 0. The molecule has 0 aliphatic carbocycles. The molecule has 0 unspecified atom stereocenters. The van der Waals surface area contributed by atoms with E-state index in [0.29, 0.717) is 6.07 Å². The van der Waals surface area contributed by atoms with Crippen LogP contribution in [0.5, 0.6) is 0 Å². The molecule has 1 aromatic heterocycles. The van der Waals surface area contributed by atoms with Crippen LogP contribution in [0.15, 0.2) is 10.9 Å². The van der Waals surface area contributed by atoms with E-state index in [1.807, 2.05) is 0 Å². The van der Waals surface area contributed by atoms with Gasteiger partial charge in [0.1, 0.15) is 0 Å². The number of aromatic carboxylic acids is 1. The molecule has 4 nitrogen and oxygen atoms in total. The van der Waals surface area contributed by atoms with Crippen molar-refractivity contribution in [2.75, 3.05) is 0 Å². The summed E-state index contributed by atoms with van der Waals surface area (Å²) in [5.41, 5.74) is -3.46. The fraction of sp³-hybridized carbons (Fsp3) is 0.143. The summed E-state index contributed by atoms with van der Waals surface area (Å²) in [6, 6.07) is 0.326. The summed E-state index contributed by atoms with van der Waals surface area (Å²) in [4.78, 5) is 22.6. The molecule has 14 heavy (non-hydrogen) atoms. The number of halogens is 3. The van der Waals surface area contributed by atoms with E-state index >= 15 is 0 Å². The van der Waals surface area contributed by atoms with E-state index in [-0.39, 0.29) is 0 Å². The lowest BCUT2D eigenvalue weighted by atomic mass is 10.3. The lowest BCUT2D eigenvalue weighted by molar-refractivity contribution is 0.0682. The molecule has 0 saturated heterocycles. The largest absolute Gasteiger partial charge is 0.476 e. The number of carboxylic acids is 1. The van der Waals surface area contributed by atoms with Crippen molar-refractivity contribution in [2.45, 2.75) is 6.43 Å². The van der Waals surface area contributed by atoms with Gasteiger partial charge < -0.3 is 10.1 Å². The Morgan fingerprint density at radius 3 is 2.50 bits per heavy atom. The van der Waals surface area contributed by atoms with Gasteiger partial charge in [-0.1, -0.05) is 0 Å². The van der Waals surface area contributed by atoms with E-state index in [0.717, 1.165) is 0 Å². The van der Waals surface area contributed by atoms with Crippen LogP contribution in [-0.4, -0.2) is 16.1 Å². The zero-order chi connectivity index (χ0) is 10.9. The smallest absolute Gasteiger partial charge is 0.355 e. The first-order valence-electron chi connectivity index (χ1n) is 3.37.